The van der Waals surface area contributed by atoms with Crippen LogP contribution in [0.1, 0.15) is 58.8 Å². The molecule has 1 amide bonds. The van der Waals surface area contributed by atoms with Gasteiger partial charge in [0.05, 0.1) is 6.54 Å². The average molecular weight is 346 g/mol. The van der Waals surface area contributed by atoms with Crippen LogP contribution in [0.4, 0.5) is 0 Å². The maximum Gasteiger partial charge on any atom is 0.237 e. The molecule has 0 bridgehead atoms. The number of amides is 1. The fraction of sp³-hybridized carbons (Fsp3) is 0.944. The molecule has 0 atom stereocenters. The SMILES string of the molecule is CNCCC1CCN(CC(=O)N(C(C)C)C2CCCC2)CC1.Cl. The Morgan fingerprint density at radius 2 is 1.78 bits per heavy atom. The molecule has 1 aliphatic heterocycles. The van der Waals surface area contributed by atoms with Gasteiger partial charge in [0.2, 0.25) is 5.91 Å². The van der Waals surface area contributed by atoms with Crippen molar-refractivity contribution in [2.75, 3.05) is 33.2 Å². The van der Waals surface area contributed by atoms with Gasteiger partial charge in [-0.3, -0.25) is 9.69 Å². The molecule has 1 aliphatic carbocycles. The molecule has 0 unspecified atom stereocenters. The van der Waals surface area contributed by atoms with Crippen molar-refractivity contribution in [1.82, 2.24) is 15.1 Å². The van der Waals surface area contributed by atoms with Gasteiger partial charge in [0, 0.05) is 12.1 Å². The largest absolute Gasteiger partial charge is 0.336 e. The zero-order valence-corrected chi connectivity index (χ0v) is 16.0. The van der Waals surface area contributed by atoms with Crippen LogP contribution in [-0.4, -0.2) is 61.0 Å². The molecule has 5 heteroatoms. The van der Waals surface area contributed by atoms with E-state index < -0.39 is 0 Å². The second-order valence-electron chi connectivity index (χ2n) is 7.44. The Morgan fingerprint density at radius 1 is 1.17 bits per heavy atom. The lowest BCUT2D eigenvalue weighted by atomic mass is 9.93. The van der Waals surface area contributed by atoms with E-state index >= 15 is 0 Å². The molecule has 0 radical (unpaired) electrons. The quantitative estimate of drug-likeness (QED) is 0.770. The number of nitrogens with zero attached hydrogens (tertiary/aromatic N) is 2. The highest BCUT2D eigenvalue weighted by Gasteiger charge is 2.30. The maximum absolute atomic E-state index is 12.8. The summed E-state index contributed by atoms with van der Waals surface area (Å²) in [6.07, 6.45) is 8.76. The molecule has 1 N–H and O–H groups in total. The minimum absolute atomic E-state index is 0. The van der Waals surface area contributed by atoms with Crippen LogP contribution in [0.2, 0.25) is 0 Å². The van der Waals surface area contributed by atoms with Gasteiger partial charge in [0.1, 0.15) is 0 Å². The first-order chi connectivity index (χ1) is 10.6. The molecule has 0 aromatic heterocycles. The molecule has 2 fully saturated rings. The van der Waals surface area contributed by atoms with Crippen molar-refractivity contribution in [1.29, 1.82) is 0 Å². The van der Waals surface area contributed by atoms with Crippen LogP contribution in [0.15, 0.2) is 0 Å². The number of hydrogen-bond donors (Lipinski definition) is 1. The smallest absolute Gasteiger partial charge is 0.237 e. The molecule has 1 saturated carbocycles. The molecule has 2 aliphatic rings. The van der Waals surface area contributed by atoms with Crippen LogP contribution in [-0.2, 0) is 4.79 Å². The first kappa shape index (κ1) is 20.7. The Balaban J connectivity index is 0.00000264. The van der Waals surface area contributed by atoms with Crippen molar-refractivity contribution >= 4 is 18.3 Å². The standard InChI is InChI=1S/C18H35N3O.ClH/c1-15(2)21(17-6-4-5-7-17)18(22)14-20-12-9-16(10-13-20)8-11-19-3;/h15-17,19H,4-14H2,1-3H3;1H. The maximum atomic E-state index is 12.8. The molecule has 0 aromatic rings. The van der Waals surface area contributed by atoms with Gasteiger partial charge in [0.15, 0.2) is 0 Å². The first-order valence-electron chi connectivity index (χ1n) is 9.30. The van der Waals surface area contributed by atoms with Gasteiger partial charge in [-0.1, -0.05) is 12.8 Å². The van der Waals surface area contributed by atoms with E-state index in [4.69, 9.17) is 0 Å². The molecular weight excluding hydrogens is 310 g/mol. The molecule has 4 nitrogen and oxygen atoms in total. The van der Waals surface area contributed by atoms with Gasteiger partial charge in [-0.2, -0.15) is 0 Å². The Labute approximate surface area is 148 Å². The van der Waals surface area contributed by atoms with E-state index in [2.05, 4.69) is 29.0 Å². The lowest BCUT2D eigenvalue weighted by Gasteiger charge is -2.37. The molecule has 2 rings (SSSR count). The number of likely N-dealkylation sites (tertiary alicyclic amines) is 1. The minimum Gasteiger partial charge on any atom is -0.336 e. The Morgan fingerprint density at radius 3 is 2.30 bits per heavy atom. The molecule has 136 valence electrons. The highest BCUT2D eigenvalue weighted by molar-refractivity contribution is 5.85. The second-order valence-corrected chi connectivity index (χ2v) is 7.44. The number of halogens is 1. The van der Waals surface area contributed by atoms with Crippen molar-refractivity contribution in [2.45, 2.75) is 70.9 Å². The summed E-state index contributed by atoms with van der Waals surface area (Å²) in [6, 6.07) is 0.837. The predicted molar refractivity (Wildman–Crippen MR) is 99.2 cm³/mol. The number of hydrogen-bond acceptors (Lipinski definition) is 3. The van der Waals surface area contributed by atoms with Crippen molar-refractivity contribution in [3.05, 3.63) is 0 Å². The van der Waals surface area contributed by atoms with E-state index in [1.807, 2.05) is 7.05 Å². The van der Waals surface area contributed by atoms with Crippen LogP contribution in [0.3, 0.4) is 0 Å². The summed E-state index contributed by atoms with van der Waals surface area (Å²) < 4.78 is 0. The van der Waals surface area contributed by atoms with Gasteiger partial charge < -0.3 is 10.2 Å². The van der Waals surface area contributed by atoms with Gasteiger partial charge in [-0.05, 0) is 78.6 Å². The highest BCUT2D eigenvalue weighted by Crippen LogP contribution is 2.26. The summed E-state index contributed by atoms with van der Waals surface area (Å²) in [5.74, 6) is 1.20. The van der Waals surface area contributed by atoms with Crippen LogP contribution >= 0.6 is 12.4 Å². The van der Waals surface area contributed by atoms with Crippen LogP contribution in [0.5, 0.6) is 0 Å². The van der Waals surface area contributed by atoms with E-state index in [1.54, 1.807) is 0 Å². The summed E-state index contributed by atoms with van der Waals surface area (Å²) in [6.45, 7) is 8.27. The first-order valence-corrected chi connectivity index (χ1v) is 9.30. The number of rotatable bonds is 7. The van der Waals surface area contributed by atoms with E-state index in [1.165, 1.54) is 44.9 Å². The van der Waals surface area contributed by atoms with Crippen molar-refractivity contribution in [2.24, 2.45) is 5.92 Å². The summed E-state index contributed by atoms with van der Waals surface area (Å²) >= 11 is 0. The predicted octanol–water partition coefficient (Wildman–Crippen LogP) is 2.91. The fourth-order valence-corrected chi connectivity index (χ4v) is 4.15. The van der Waals surface area contributed by atoms with E-state index in [0.717, 1.165) is 25.6 Å². The summed E-state index contributed by atoms with van der Waals surface area (Å²) in [4.78, 5) is 17.3. The van der Waals surface area contributed by atoms with Gasteiger partial charge in [-0.15, -0.1) is 12.4 Å². The van der Waals surface area contributed by atoms with Crippen molar-refractivity contribution in [3.8, 4) is 0 Å². The van der Waals surface area contributed by atoms with Crippen LogP contribution in [0.25, 0.3) is 0 Å². The second kappa shape index (κ2) is 10.5. The van der Waals surface area contributed by atoms with Crippen LogP contribution < -0.4 is 5.32 Å². The number of carbonyl (C=O) groups excluding carboxylic acids is 1. The third-order valence-electron chi connectivity index (χ3n) is 5.43. The zero-order valence-electron chi connectivity index (χ0n) is 15.2. The minimum atomic E-state index is 0. The molecule has 0 spiro atoms. The monoisotopic (exact) mass is 345 g/mol. The summed E-state index contributed by atoms with van der Waals surface area (Å²) in [5, 5.41) is 3.24. The fourth-order valence-electron chi connectivity index (χ4n) is 4.15. The molecular formula is C18H36ClN3O. The number of nitrogens with one attached hydrogen (secondary N) is 1. The molecule has 0 aromatic carbocycles. The van der Waals surface area contributed by atoms with E-state index in [-0.39, 0.29) is 12.4 Å². The number of piperidine rings is 1. The Hall–Kier alpha value is -0.320. The van der Waals surface area contributed by atoms with Crippen molar-refractivity contribution in [3.63, 3.8) is 0 Å². The topological polar surface area (TPSA) is 35.6 Å². The number of carbonyl (C=O) groups is 1. The van der Waals surface area contributed by atoms with E-state index in [0.29, 0.717) is 24.5 Å². The lowest BCUT2D eigenvalue weighted by Crippen LogP contribution is -2.49. The Kier molecular flexibility index (Phi) is 9.48. The van der Waals surface area contributed by atoms with Gasteiger partial charge in [0.25, 0.3) is 0 Å². The zero-order chi connectivity index (χ0) is 15.9. The van der Waals surface area contributed by atoms with Gasteiger partial charge >= 0.3 is 0 Å². The molecule has 1 saturated heterocycles. The summed E-state index contributed by atoms with van der Waals surface area (Å²) in [7, 11) is 2.03. The Bertz CT molecular complexity index is 337. The van der Waals surface area contributed by atoms with Crippen LogP contribution in [0, 0.1) is 5.92 Å². The third-order valence-corrected chi connectivity index (χ3v) is 5.43. The highest BCUT2D eigenvalue weighted by atomic mass is 35.5. The average Bonchev–Trinajstić information content (AvgIpc) is 3.00. The third kappa shape index (κ3) is 6.24. The summed E-state index contributed by atoms with van der Waals surface area (Å²) in [5.41, 5.74) is 0. The molecule has 1 heterocycles. The molecule has 23 heavy (non-hydrogen) atoms. The normalized spacial score (nSPS) is 20.7. The van der Waals surface area contributed by atoms with Gasteiger partial charge in [-0.25, -0.2) is 0 Å². The van der Waals surface area contributed by atoms with E-state index in [9.17, 15) is 4.79 Å². The van der Waals surface area contributed by atoms with Crippen molar-refractivity contribution < 1.29 is 4.79 Å². The lowest BCUT2D eigenvalue weighted by molar-refractivity contribution is -0.137.